The van der Waals surface area contributed by atoms with Crippen LogP contribution in [0.25, 0.3) is 10.9 Å². The molecule has 0 aliphatic heterocycles. The molecule has 0 fully saturated rings. The molecule has 0 amide bonds. The average molecular weight is 269 g/mol. The van der Waals surface area contributed by atoms with Crippen molar-refractivity contribution in [3.05, 3.63) is 30.0 Å². The molecule has 2 rings (SSSR count). The van der Waals surface area contributed by atoms with Crippen LogP contribution in [0.15, 0.2) is 24.4 Å². The van der Waals surface area contributed by atoms with Crippen LogP contribution in [0.1, 0.15) is 25.3 Å². The zero-order valence-corrected chi connectivity index (χ0v) is 11.6. The largest absolute Gasteiger partial charge is 0.494 e. The van der Waals surface area contributed by atoms with E-state index in [-0.39, 0.29) is 12.4 Å². The van der Waals surface area contributed by atoms with Gasteiger partial charge < -0.3 is 15.5 Å². The average Bonchev–Trinajstić information content (AvgIpc) is 2.73. The van der Waals surface area contributed by atoms with Gasteiger partial charge in [-0.05, 0) is 43.1 Å². The molecule has 4 heteroatoms. The second-order valence-electron chi connectivity index (χ2n) is 4.26. The van der Waals surface area contributed by atoms with Gasteiger partial charge in [-0.25, -0.2) is 0 Å². The van der Waals surface area contributed by atoms with Crippen LogP contribution < -0.4 is 10.5 Å². The van der Waals surface area contributed by atoms with Crippen LogP contribution in [0.2, 0.25) is 0 Å². The van der Waals surface area contributed by atoms with Crippen LogP contribution in [0.5, 0.6) is 5.75 Å². The smallest absolute Gasteiger partial charge is 0.120 e. The van der Waals surface area contributed by atoms with E-state index in [2.05, 4.69) is 24.0 Å². The van der Waals surface area contributed by atoms with Crippen LogP contribution in [-0.2, 0) is 6.42 Å². The van der Waals surface area contributed by atoms with E-state index in [0.717, 1.165) is 37.1 Å². The molecule has 100 valence electrons. The molecule has 1 aromatic heterocycles. The van der Waals surface area contributed by atoms with Crippen LogP contribution >= 0.6 is 12.4 Å². The highest BCUT2D eigenvalue weighted by Crippen LogP contribution is 2.24. The minimum Gasteiger partial charge on any atom is -0.494 e. The number of ether oxygens (including phenoxy) is 1. The summed E-state index contributed by atoms with van der Waals surface area (Å²) in [4.78, 5) is 3.26. The number of halogens is 1. The van der Waals surface area contributed by atoms with Crippen molar-refractivity contribution in [1.29, 1.82) is 0 Å². The molecule has 0 aliphatic carbocycles. The quantitative estimate of drug-likeness (QED) is 0.790. The highest BCUT2D eigenvalue weighted by Gasteiger charge is 2.04. The summed E-state index contributed by atoms with van der Waals surface area (Å²) in [7, 11) is 0. The molecular weight excluding hydrogens is 248 g/mol. The van der Waals surface area contributed by atoms with Crippen molar-refractivity contribution >= 4 is 23.3 Å². The van der Waals surface area contributed by atoms with Gasteiger partial charge in [-0.2, -0.15) is 0 Å². The second kappa shape index (κ2) is 7.29. The number of nitrogens with two attached hydrogens (primary N) is 1. The standard InChI is InChI=1S/C14H20N2O.ClH/c1-2-3-8-17-12-4-5-14-13(9-12)11(6-7-15)10-16-14;/h4-5,9-10,16H,2-3,6-8,15H2,1H3;1H. The minimum atomic E-state index is 0. The fourth-order valence-electron chi connectivity index (χ4n) is 1.94. The zero-order valence-electron chi connectivity index (χ0n) is 10.7. The monoisotopic (exact) mass is 268 g/mol. The Morgan fingerprint density at radius 2 is 2.17 bits per heavy atom. The number of benzene rings is 1. The molecule has 1 heterocycles. The number of fused-ring (bicyclic) bond motifs is 1. The molecule has 0 atom stereocenters. The zero-order chi connectivity index (χ0) is 12.1. The van der Waals surface area contributed by atoms with Crippen molar-refractivity contribution in [3.8, 4) is 5.75 Å². The Balaban J connectivity index is 0.00000162. The van der Waals surface area contributed by atoms with E-state index in [0.29, 0.717) is 6.54 Å². The van der Waals surface area contributed by atoms with E-state index in [1.807, 2.05) is 12.3 Å². The van der Waals surface area contributed by atoms with Gasteiger partial charge in [0.2, 0.25) is 0 Å². The van der Waals surface area contributed by atoms with E-state index < -0.39 is 0 Å². The molecule has 2 aromatic rings. The Morgan fingerprint density at radius 3 is 2.89 bits per heavy atom. The fraction of sp³-hybridized carbons (Fsp3) is 0.429. The van der Waals surface area contributed by atoms with Crippen molar-refractivity contribution < 1.29 is 4.74 Å². The molecule has 0 radical (unpaired) electrons. The van der Waals surface area contributed by atoms with Gasteiger partial charge in [0.15, 0.2) is 0 Å². The van der Waals surface area contributed by atoms with E-state index in [1.165, 1.54) is 10.9 Å². The van der Waals surface area contributed by atoms with Crippen LogP contribution in [0, 0.1) is 0 Å². The molecule has 18 heavy (non-hydrogen) atoms. The SMILES string of the molecule is CCCCOc1ccc2[nH]cc(CCN)c2c1.Cl. The van der Waals surface area contributed by atoms with Crippen LogP contribution in [0.4, 0.5) is 0 Å². The summed E-state index contributed by atoms with van der Waals surface area (Å²) in [5, 5.41) is 1.23. The predicted octanol–water partition coefficient (Wildman–Crippen LogP) is 3.27. The number of H-pyrrole nitrogens is 1. The molecule has 0 saturated heterocycles. The van der Waals surface area contributed by atoms with Gasteiger partial charge in [0.1, 0.15) is 5.75 Å². The molecule has 3 nitrogen and oxygen atoms in total. The molecule has 0 bridgehead atoms. The van der Waals surface area contributed by atoms with Gasteiger partial charge >= 0.3 is 0 Å². The first-order valence-corrected chi connectivity index (χ1v) is 6.28. The van der Waals surface area contributed by atoms with Gasteiger partial charge in [0.25, 0.3) is 0 Å². The second-order valence-corrected chi connectivity index (χ2v) is 4.26. The number of hydrogen-bond donors (Lipinski definition) is 2. The molecule has 1 aromatic carbocycles. The maximum absolute atomic E-state index is 5.71. The maximum Gasteiger partial charge on any atom is 0.120 e. The molecular formula is C14H21ClN2O. The van der Waals surface area contributed by atoms with Gasteiger partial charge in [0, 0.05) is 17.1 Å². The summed E-state index contributed by atoms with van der Waals surface area (Å²) >= 11 is 0. The molecule has 0 unspecified atom stereocenters. The first-order valence-electron chi connectivity index (χ1n) is 6.28. The summed E-state index contributed by atoms with van der Waals surface area (Å²) in [6, 6.07) is 6.18. The lowest BCUT2D eigenvalue weighted by Crippen LogP contribution is -2.02. The number of aromatic amines is 1. The Hall–Kier alpha value is -1.19. The maximum atomic E-state index is 5.71. The number of hydrogen-bond acceptors (Lipinski definition) is 2. The Morgan fingerprint density at radius 1 is 1.33 bits per heavy atom. The predicted molar refractivity (Wildman–Crippen MR) is 78.7 cm³/mol. The number of rotatable bonds is 6. The number of aromatic nitrogens is 1. The van der Waals surface area contributed by atoms with Crippen molar-refractivity contribution in [2.24, 2.45) is 5.73 Å². The Labute approximate surface area is 114 Å². The van der Waals surface area contributed by atoms with Gasteiger partial charge in [-0.1, -0.05) is 13.3 Å². The highest BCUT2D eigenvalue weighted by molar-refractivity contribution is 5.85. The summed E-state index contributed by atoms with van der Waals surface area (Å²) in [5.41, 5.74) is 8.02. The summed E-state index contributed by atoms with van der Waals surface area (Å²) in [6.45, 7) is 3.63. The number of nitrogens with one attached hydrogen (secondary N) is 1. The van der Waals surface area contributed by atoms with Gasteiger partial charge in [0.05, 0.1) is 6.61 Å². The van der Waals surface area contributed by atoms with E-state index in [4.69, 9.17) is 10.5 Å². The van der Waals surface area contributed by atoms with Crippen molar-refractivity contribution in [2.75, 3.05) is 13.2 Å². The first-order chi connectivity index (χ1) is 8.35. The summed E-state index contributed by atoms with van der Waals surface area (Å²) < 4.78 is 5.71. The van der Waals surface area contributed by atoms with Crippen molar-refractivity contribution in [1.82, 2.24) is 4.98 Å². The third-order valence-corrected chi connectivity index (χ3v) is 2.92. The topological polar surface area (TPSA) is 51.0 Å². The van der Waals surface area contributed by atoms with Crippen molar-refractivity contribution in [3.63, 3.8) is 0 Å². The lowest BCUT2D eigenvalue weighted by Gasteiger charge is -2.05. The third kappa shape index (κ3) is 3.40. The molecule has 0 spiro atoms. The van der Waals surface area contributed by atoms with Crippen LogP contribution in [0.3, 0.4) is 0 Å². The van der Waals surface area contributed by atoms with Gasteiger partial charge in [-0.15, -0.1) is 12.4 Å². The third-order valence-electron chi connectivity index (χ3n) is 2.92. The molecule has 0 saturated carbocycles. The van der Waals surface area contributed by atoms with Crippen molar-refractivity contribution in [2.45, 2.75) is 26.2 Å². The Kier molecular flexibility index (Phi) is 6.02. The van der Waals surface area contributed by atoms with Crippen LogP contribution in [-0.4, -0.2) is 18.1 Å². The van der Waals surface area contributed by atoms with E-state index >= 15 is 0 Å². The minimum absolute atomic E-state index is 0. The van der Waals surface area contributed by atoms with Gasteiger partial charge in [-0.3, -0.25) is 0 Å². The first kappa shape index (κ1) is 14.9. The lowest BCUT2D eigenvalue weighted by atomic mass is 10.1. The highest BCUT2D eigenvalue weighted by atomic mass is 35.5. The number of unbranched alkanes of at least 4 members (excludes halogenated alkanes) is 1. The van der Waals surface area contributed by atoms with E-state index in [1.54, 1.807) is 0 Å². The molecule has 0 aliphatic rings. The fourth-order valence-corrected chi connectivity index (χ4v) is 1.94. The van der Waals surface area contributed by atoms with E-state index in [9.17, 15) is 0 Å². The normalized spacial score (nSPS) is 10.3. The lowest BCUT2D eigenvalue weighted by molar-refractivity contribution is 0.310. The summed E-state index contributed by atoms with van der Waals surface area (Å²) in [6.07, 6.45) is 5.19. The summed E-state index contributed by atoms with van der Waals surface area (Å²) in [5.74, 6) is 0.948. The Bertz CT molecular complexity index is 482. The molecule has 3 N–H and O–H groups in total.